The van der Waals surface area contributed by atoms with Crippen molar-refractivity contribution in [2.45, 2.75) is 12.8 Å². The SMILES string of the molecule is CN(CCN1CCCC1=O)C(=O)c1csc(-c2c(F)cccc2F)n1. The van der Waals surface area contributed by atoms with Crippen LogP contribution in [0.4, 0.5) is 8.78 Å². The molecule has 1 aromatic carbocycles. The van der Waals surface area contributed by atoms with Gasteiger partial charge in [-0.25, -0.2) is 13.8 Å². The van der Waals surface area contributed by atoms with Gasteiger partial charge in [-0.1, -0.05) is 6.07 Å². The molecule has 1 aliphatic heterocycles. The maximum absolute atomic E-state index is 13.8. The molecule has 0 spiro atoms. The van der Waals surface area contributed by atoms with Crippen LogP contribution < -0.4 is 0 Å². The molecule has 1 aromatic heterocycles. The number of carbonyl (C=O) groups is 2. The van der Waals surface area contributed by atoms with Gasteiger partial charge in [-0.05, 0) is 18.6 Å². The average Bonchev–Trinajstić information content (AvgIpc) is 3.21. The smallest absolute Gasteiger partial charge is 0.273 e. The summed E-state index contributed by atoms with van der Waals surface area (Å²) in [5.41, 5.74) is -0.0882. The van der Waals surface area contributed by atoms with E-state index in [1.165, 1.54) is 16.3 Å². The maximum atomic E-state index is 13.8. The predicted octanol–water partition coefficient (Wildman–Crippen LogP) is 2.78. The highest BCUT2D eigenvalue weighted by Crippen LogP contribution is 2.29. The predicted molar refractivity (Wildman–Crippen MR) is 90.2 cm³/mol. The van der Waals surface area contributed by atoms with Gasteiger partial charge in [0, 0.05) is 38.5 Å². The lowest BCUT2D eigenvalue weighted by molar-refractivity contribution is -0.127. The Hall–Kier alpha value is -2.35. The van der Waals surface area contributed by atoms with Gasteiger partial charge < -0.3 is 9.80 Å². The summed E-state index contributed by atoms with van der Waals surface area (Å²) in [6, 6.07) is 3.59. The van der Waals surface area contributed by atoms with Crippen LogP contribution in [0, 0.1) is 11.6 Å². The zero-order valence-corrected chi connectivity index (χ0v) is 14.5. The second kappa shape index (κ2) is 7.26. The third kappa shape index (κ3) is 3.68. The summed E-state index contributed by atoms with van der Waals surface area (Å²) in [5, 5.41) is 1.61. The highest BCUT2D eigenvalue weighted by molar-refractivity contribution is 7.13. The number of likely N-dealkylation sites (N-methyl/N-ethyl adjacent to an activating group) is 1. The molecule has 0 N–H and O–H groups in total. The molecule has 8 heteroatoms. The molecule has 0 saturated carbocycles. The Kier molecular flexibility index (Phi) is 5.08. The number of nitrogens with zero attached hydrogens (tertiary/aromatic N) is 3. The van der Waals surface area contributed by atoms with Crippen molar-refractivity contribution in [1.29, 1.82) is 0 Å². The highest BCUT2D eigenvalue weighted by Gasteiger charge is 2.23. The Balaban J connectivity index is 1.69. The van der Waals surface area contributed by atoms with Crippen LogP contribution in [-0.4, -0.2) is 53.3 Å². The van der Waals surface area contributed by atoms with Crippen molar-refractivity contribution in [3.05, 3.63) is 40.9 Å². The molecule has 3 rings (SSSR count). The van der Waals surface area contributed by atoms with E-state index >= 15 is 0 Å². The van der Waals surface area contributed by atoms with Crippen LogP contribution >= 0.6 is 11.3 Å². The Bertz CT molecular complexity index is 789. The van der Waals surface area contributed by atoms with Crippen molar-refractivity contribution >= 4 is 23.2 Å². The highest BCUT2D eigenvalue weighted by atomic mass is 32.1. The van der Waals surface area contributed by atoms with Gasteiger partial charge in [-0.2, -0.15) is 0 Å². The summed E-state index contributed by atoms with van der Waals surface area (Å²) < 4.78 is 27.7. The van der Waals surface area contributed by atoms with Crippen molar-refractivity contribution in [2.24, 2.45) is 0 Å². The van der Waals surface area contributed by atoms with Crippen LogP contribution in [0.1, 0.15) is 23.3 Å². The van der Waals surface area contributed by atoms with Crippen LogP contribution in [0.3, 0.4) is 0 Å². The molecule has 1 aliphatic rings. The topological polar surface area (TPSA) is 53.5 Å². The minimum atomic E-state index is -0.714. The maximum Gasteiger partial charge on any atom is 0.273 e. The number of amides is 2. The van der Waals surface area contributed by atoms with E-state index in [2.05, 4.69) is 4.98 Å². The first kappa shape index (κ1) is 17.5. The number of halogens is 2. The summed E-state index contributed by atoms with van der Waals surface area (Å²) in [6.45, 7) is 1.57. The van der Waals surface area contributed by atoms with E-state index in [0.717, 1.165) is 29.9 Å². The lowest BCUT2D eigenvalue weighted by Crippen LogP contribution is -2.37. The normalized spacial score (nSPS) is 14.2. The fraction of sp³-hybridized carbons (Fsp3) is 0.353. The lowest BCUT2D eigenvalue weighted by atomic mass is 10.2. The summed E-state index contributed by atoms with van der Waals surface area (Å²) in [5.74, 6) is -1.67. The number of benzene rings is 1. The third-order valence-corrected chi connectivity index (χ3v) is 4.98. The van der Waals surface area contributed by atoms with Crippen molar-refractivity contribution < 1.29 is 18.4 Å². The fourth-order valence-electron chi connectivity index (χ4n) is 2.70. The monoisotopic (exact) mass is 365 g/mol. The fourth-order valence-corrected chi connectivity index (χ4v) is 3.54. The summed E-state index contributed by atoms with van der Waals surface area (Å²) >= 11 is 1.02. The molecule has 1 saturated heterocycles. The van der Waals surface area contributed by atoms with Gasteiger partial charge in [-0.3, -0.25) is 9.59 Å². The number of hydrogen-bond donors (Lipinski definition) is 0. The number of carbonyl (C=O) groups excluding carboxylic acids is 2. The van der Waals surface area contributed by atoms with Gasteiger partial charge in [0.2, 0.25) is 5.91 Å². The number of thiazole rings is 1. The van der Waals surface area contributed by atoms with Gasteiger partial charge in [-0.15, -0.1) is 11.3 Å². The minimum Gasteiger partial charge on any atom is -0.341 e. The Labute approximate surface area is 147 Å². The molecule has 0 atom stereocenters. The molecule has 2 aromatic rings. The van der Waals surface area contributed by atoms with Crippen molar-refractivity contribution in [3.63, 3.8) is 0 Å². The largest absolute Gasteiger partial charge is 0.341 e. The molecule has 0 aliphatic carbocycles. The Morgan fingerprint density at radius 1 is 1.36 bits per heavy atom. The average molecular weight is 365 g/mol. The van der Waals surface area contributed by atoms with Crippen LogP contribution in [0.25, 0.3) is 10.6 Å². The molecular formula is C17H17F2N3O2S. The third-order valence-electron chi connectivity index (χ3n) is 4.12. The lowest BCUT2D eigenvalue weighted by Gasteiger charge is -2.21. The van der Waals surface area contributed by atoms with Gasteiger partial charge in [0.15, 0.2) is 0 Å². The van der Waals surface area contributed by atoms with Crippen molar-refractivity contribution in [1.82, 2.24) is 14.8 Å². The Morgan fingerprint density at radius 2 is 2.08 bits per heavy atom. The number of likely N-dealkylation sites (tertiary alicyclic amines) is 1. The zero-order chi connectivity index (χ0) is 18.0. The van der Waals surface area contributed by atoms with Gasteiger partial charge >= 0.3 is 0 Å². The van der Waals surface area contributed by atoms with Crippen molar-refractivity contribution in [3.8, 4) is 10.6 Å². The number of rotatable bonds is 5. The molecule has 1 fully saturated rings. The summed E-state index contributed by atoms with van der Waals surface area (Å²) in [4.78, 5) is 31.3. The standard InChI is InChI=1S/C17H17F2N3O2S/c1-21(8-9-22-7-3-6-14(22)23)17(24)13-10-25-16(20-13)15-11(18)4-2-5-12(15)19/h2,4-5,10H,3,6-9H2,1H3. The van der Waals surface area contributed by atoms with Crippen LogP contribution in [0.15, 0.2) is 23.6 Å². The quantitative estimate of drug-likeness (QED) is 0.819. The minimum absolute atomic E-state index is 0.104. The van der Waals surface area contributed by atoms with E-state index in [4.69, 9.17) is 0 Å². The zero-order valence-electron chi connectivity index (χ0n) is 13.7. The first-order chi connectivity index (χ1) is 12.0. The number of aromatic nitrogens is 1. The summed E-state index contributed by atoms with van der Waals surface area (Å²) in [6.07, 6.45) is 1.40. The molecule has 2 amide bonds. The second-order valence-electron chi connectivity index (χ2n) is 5.85. The van der Waals surface area contributed by atoms with E-state index in [0.29, 0.717) is 26.1 Å². The van der Waals surface area contributed by atoms with Crippen molar-refractivity contribution in [2.75, 3.05) is 26.7 Å². The molecule has 25 heavy (non-hydrogen) atoms. The molecule has 0 unspecified atom stereocenters. The van der Waals surface area contributed by atoms with Crippen LogP contribution in [0.5, 0.6) is 0 Å². The first-order valence-corrected chi connectivity index (χ1v) is 8.78. The van der Waals surface area contributed by atoms with Gasteiger partial charge in [0.25, 0.3) is 5.91 Å². The molecule has 0 radical (unpaired) electrons. The van der Waals surface area contributed by atoms with Gasteiger partial charge in [0.05, 0.1) is 5.56 Å². The molecule has 2 heterocycles. The molecule has 0 bridgehead atoms. The Morgan fingerprint density at radius 3 is 2.72 bits per heavy atom. The first-order valence-electron chi connectivity index (χ1n) is 7.90. The van der Waals surface area contributed by atoms with E-state index in [9.17, 15) is 18.4 Å². The van der Waals surface area contributed by atoms with Crippen LogP contribution in [-0.2, 0) is 4.79 Å². The van der Waals surface area contributed by atoms with E-state index in [-0.39, 0.29) is 28.1 Å². The second-order valence-corrected chi connectivity index (χ2v) is 6.70. The molecular weight excluding hydrogens is 348 g/mol. The molecule has 5 nitrogen and oxygen atoms in total. The van der Waals surface area contributed by atoms with E-state index in [1.807, 2.05) is 0 Å². The van der Waals surface area contributed by atoms with Gasteiger partial charge in [0.1, 0.15) is 22.3 Å². The number of hydrogen-bond acceptors (Lipinski definition) is 4. The van der Waals surface area contributed by atoms with E-state index < -0.39 is 11.6 Å². The van der Waals surface area contributed by atoms with Crippen LogP contribution in [0.2, 0.25) is 0 Å². The summed E-state index contributed by atoms with van der Waals surface area (Å²) in [7, 11) is 1.62. The molecule has 132 valence electrons. The van der Waals surface area contributed by atoms with E-state index in [1.54, 1.807) is 11.9 Å².